The summed E-state index contributed by atoms with van der Waals surface area (Å²) in [5, 5.41) is 4.51. The van der Waals surface area contributed by atoms with Gasteiger partial charge in [0.1, 0.15) is 11.5 Å². The minimum atomic E-state index is 0.00713. The van der Waals surface area contributed by atoms with E-state index in [1.165, 1.54) is 5.69 Å². The van der Waals surface area contributed by atoms with Gasteiger partial charge < -0.3 is 14.4 Å². The van der Waals surface area contributed by atoms with Crippen molar-refractivity contribution in [1.82, 2.24) is 19.6 Å². The number of carbonyl (C=O) groups is 1. The van der Waals surface area contributed by atoms with E-state index in [4.69, 9.17) is 9.47 Å². The van der Waals surface area contributed by atoms with Crippen LogP contribution in [0.2, 0.25) is 0 Å². The van der Waals surface area contributed by atoms with Crippen LogP contribution < -0.4 is 9.47 Å². The fourth-order valence-electron chi connectivity index (χ4n) is 3.46. The van der Waals surface area contributed by atoms with Gasteiger partial charge in [-0.15, -0.1) is 0 Å². The first-order valence-electron chi connectivity index (χ1n) is 9.26. The molecule has 2 aromatic rings. The van der Waals surface area contributed by atoms with Crippen LogP contribution in [0.1, 0.15) is 21.7 Å². The summed E-state index contributed by atoms with van der Waals surface area (Å²) in [4.78, 5) is 17.2. The van der Waals surface area contributed by atoms with Crippen molar-refractivity contribution in [2.45, 2.75) is 20.4 Å². The Hall–Kier alpha value is -2.54. The summed E-state index contributed by atoms with van der Waals surface area (Å²) < 4.78 is 12.6. The predicted molar refractivity (Wildman–Crippen MR) is 104 cm³/mol. The summed E-state index contributed by atoms with van der Waals surface area (Å²) in [5.41, 5.74) is 2.82. The van der Waals surface area contributed by atoms with Gasteiger partial charge in [-0.3, -0.25) is 14.4 Å². The number of aromatic nitrogens is 2. The van der Waals surface area contributed by atoms with Gasteiger partial charge in [0, 0.05) is 44.5 Å². The quantitative estimate of drug-likeness (QED) is 0.776. The Morgan fingerprint density at radius 1 is 1.04 bits per heavy atom. The number of methoxy groups -OCH3 is 2. The van der Waals surface area contributed by atoms with Crippen molar-refractivity contribution in [2.75, 3.05) is 46.9 Å². The summed E-state index contributed by atoms with van der Waals surface area (Å²) in [6.45, 7) is 9.07. The molecule has 2 heterocycles. The molecule has 0 aliphatic carbocycles. The van der Waals surface area contributed by atoms with Gasteiger partial charge in [0.25, 0.3) is 5.91 Å². The number of piperazine rings is 1. The zero-order valence-electron chi connectivity index (χ0n) is 16.6. The Labute approximate surface area is 160 Å². The molecule has 7 heteroatoms. The van der Waals surface area contributed by atoms with Crippen LogP contribution in [0.25, 0.3) is 0 Å². The first-order chi connectivity index (χ1) is 13.0. The molecule has 1 aliphatic heterocycles. The molecule has 1 aliphatic rings. The summed E-state index contributed by atoms with van der Waals surface area (Å²) in [7, 11) is 3.17. The number of hydrogen-bond acceptors (Lipinski definition) is 5. The van der Waals surface area contributed by atoms with Crippen molar-refractivity contribution < 1.29 is 14.3 Å². The monoisotopic (exact) mass is 372 g/mol. The lowest BCUT2D eigenvalue weighted by Crippen LogP contribution is -2.49. The van der Waals surface area contributed by atoms with Crippen molar-refractivity contribution >= 4 is 5.91 Å². The number of carbonyl (C=O) groups excluding carboxylic acids is 1. The highest BCUT2D eigenvalue weighted by molar-refractivity contribution is 5.97. The van der Waals surface area contributed by atoms with Crippen LogP contribution in [0.15, 0.2) is 24.3 Å². The smallest absolute Gasteiger partial charge is 0.257 e. The number of benzene rings is 1. The molecule has 7 nitrogen and oxygen atoms in total. The van der Waals surface area contributed by atoms with E-state index in [1.54, 1.807) is 32.4 Å². The fourth-order valence-corrected chi connectivity index (χ4v) is 3.46. The van der Waals surface area contributed by atoms with Crippen molar-refractivity contribution in [3.63, 3.8) is 0 Å². The predicted octanol–water partition coefficient (Wildman–Crippen LogP) is 1.98. The molecule has 0 unspecified atom stereocenters. The first kappa shape index (κ1) is 19.2. The molecule has 0 spiro atoms. The SMILES string of the molecule is COc1ccc(C(=O)N2CCN(CCn3nc(C)cc3C)CC2)c(OC)c1. The van der Waals surface area contributed by atoms with Gasteiger partial charge in [-0.2, -0.15) is 5.10 Å². The fraction of sp³-hybridized carbons (Fsp3) is 0.500. The molecule has 3 rings (SSSR count). The Kier molecular flexibility index (Phi) is 6.01. The molecule has 1 saturated heterocycles. The van der Waals surface area contributed by atoms with Gasteiger partial charge in [0.15, 0.2) is 0 Å². The highest BCUT2D eigenvalue weighted by atomic mass is 16.5. The molecule has 0 saturated carbocycles. The van der Waals surface area contributed by atoms with Gasteiger partial charge in [0.05, 0.1) is 32.0 Å². The lowest BCUT2D eigenvalue weighted by atomic mass is 10.1. The van der Waals surface area contributed by atoms with Crippen molar-refractivity contribution in [3.05, 3.63) is 41.2 Å². The highest BCUT2D eigenvalue weighted by Crippen LogP contribution is 2.26. The van der Waals surface area contributed by atoms with Crippen LogP contribution in [0.3, 0.4) is 0 Å². The molecule has 1 amide bonds. The molecule has 27 heavy (non-hydrogen) atoms. The second-order valence-electron chi connectivity index (χ2n) is 6.85. The van der Waals surface area contributed by atoms with Crippen molar-refractivity contribution in [3.8, 4) is 11.5 Å². The largest absolute Gasteiger partial charge is 0.497 e. The van der Waals surface area contributed by atoms with E-state index < -0.39 is 0 Å². The molecular formula is C20H28N4O3. The van der Waals surface area contributed by atoms with Gasteiger partial charge in [-0.1, -0.05) is 0 Å². The van der Waals surface area contributed by atoms with Crippen LogP contribution >= 0.6 is 0 Å². The first-order valence-corrected chi connectivity index (χ1v) is 9.26. The molecule has 146 valence electrons. The number of hydrogen-bond donors (Lipinski definition) is 0. The molecule has 0 atom stereocenters. The average molecular weight is 372 g/mol. The van der Waals surface area contributed by atoms with E-state index in [9.17, 15) is 4.79 Å². The summed E-state index contributed by atoms with van der Waals surface area (Å²) in [5.74, 6) is 1.23. The summed E-state index contributed by atoms with van der Waals surface area (Å²) >= 11 is 0. The topological polar surface area (TPSA) is 59.8 Å². The zero-order chi connectivity index (χ0) is 19.4. The Balaban J connectivity index is 1.55. The standard InChI is InChI=1S/C20H28N4O3/c1-15-13-16(2)24(21-15)12-9-22-7-10-23(11-8-22)20(25)18-6-5-17(26-3)14-19(18)27-4/h5-6,13-14H,7-12H2,1-4H3. The molecule has 1 fully saturated rings. The number of amides is 1. The maximum atomic E-state index is 12.9. The van der Waals surface area contributed by atoms with Gasteiger partial charge in [-0.25, -0.2) is 0 Å². The molecule has 1 aromatic heterocycles. The Morgan fingerprint density at radius 3 is 2.37 bits per heavy atom. The molecule has 1 aromatic carbocycles. The molecule has 0 N–H and O–H groups in total. The number of nitrogens with zero attached hydrogens (tertiary/aromatic N) is 4. The van der Waals surface area contributed by atoms with E-state index in [2.05, 4.69) is 27.7 Å². The van der Waals surface area contributed by atoms with E-state index in [0.717, 1.165) is 31.9 Å². The minimum Gasteiger partial charge on any atom is -0.497 e. The van der Waals surface area contributed by atoms with E-state index in [0.29, 0.717) is 30.2 Å². The van der Waals surface area contributed by atoms with Crippen LogP contribution in [0, 0.1) is 13.8 Å². The maximum Gasteiger partial charge on any atom is 0.257 e. The van der Waals surface area contributed by atoms with Crippen molar-refractivity contribution in [1.29, 1.82) is 0 Å². The van der Waals surface area contributed by atoms with E-state index in [1.807, 2.05) is 11.8 Å². The Bertz CT molecular complexity index is 795. The van der Waals surface area contributed by atoms with E-state index >= 15 is 0 Å². The summed E-state index contributed by atoms with van der Waals surface area (Å²) in [6.07, 6.45) is 0. The lowest BCUT2D eigenvalue weighted by Gasteiger charge is -2.35. The van der Waals surface area contributed by atoms with Gasteiger partial charge in [0.2, 0.25) is 0 Å². The van der Waals surface area contributed by atoms with Gasteiger partial charge in [-0.05, 0) is 32.0 Å². The number of ether oxygens (including phenoxy) is 2. The molecule has 0 radical (unpaired) electrons. The lowest BCUT2D eigenvalue weighted by molar-refractivity contribution is 0.0628. The molecule has 0 bridgehead atoms. The van der Waals surface area contributed by atoms with Crippen LogP contribution in [0.5, 0.6) is 11.5 Å². The maximum absolute atomic E-state index is 12.9. The minimum absolute atomic E-state index is 0.00713. The summed E-state index contributed by atoms with van der Waals surface area (Å²) in [6, 6.07) is 7.41. The van der Waals surface area contributed by atoms with Gasteiger partial charge >= 0.3 is 0 Å². The number of rotatable bonds is 6. The third kappa shape index (κ3) is 4.42. The normalized spacial score (nSPS) is 15.0. The van der Waals surface area contributed by atoms with Crippen LogP contribution in [-0.4, -0.2) is 72.4 Å². The van der Waals surface area contributed by atoms with Crippen LogP contribution in [-0.2, 0) is 6.54 Å². The third-order valence-electron chi connectivity index (χ3n) is 5.03. The number of aryl methyl sites for hydroxylation is 2. The van der Waals surface area contributed by atoms with Crippen molar-refractivity contribution in [2.24, 2.45) is 0 Å². The second-order valence-corrected chi connectivity index (χ2v) is 6.85. The zero-order valence-corrected chi connectivity index (χ0v) is 16.6. The molecular weight excluding hydrogens is 344 g/mol. The van der Waals surface area contributed by atoms with E-state index in [-0.39, 0.29) is 5.91 Å². The Morgan fingerprint density at radius 2 is 1.78 bits per heavy atom. The average Bonchev–Trinajstić information content (AvgIpc) is 3.02. The second kappa shape index (κ2) is 8.43. The van der Waals surface area contributed by atoms with Crippen LogP contribution in [0.4, 0.5) is 0 Å². The highest BCUT2D eigenvalue weighted by Gasteiger charge is 2.24. The third-order valence-corrected chi connectivity index (χ3v) is 5.03.